The van der Waals surface area contributed by atoms with Crippen molar-refractivity contribution in [2.45, 2.75) is 53.9 Å². The summed E-state index contributed by atoms with van der Waals surface area (Å²) in [4.78, 5) is 39.7. The number of carbonyl (C=O) groups is 3. The quantitative estimate of drug-likeness (QED) is 0.611. The Morgan fingerprint density at radius 2 is 1.96 bits per heavy atom. The first-order chi connectivity index (χ1) is 11.6. The number of amides is 4. The van der Waals surface area contributed by atoms with E-state index < -0.39 is 0 Å². The number of likely N-dealkylation sites (tertiary alicyclic amines) is 2. The molecule has 0 bridgehead atoms. The Labute approximate surface area is 151 Å². The molecule has 0 aromatic rings. The molecule has 4 amide bonds. The van der Waals surface area contributed by atoms with E-state index in [-0.39, 0.29) is 35.1 Å². The van der Waals surface area contributed by atoms with E-state index in [1.807, 2.05) is 18.7 Å². The van der Waals surface area contributed by atoms with Crippen LogP contribution >= 0.6 is 0 Å². The van der Waals surface area contributed by atoms with Crippen molar-refractivity contribution in [3.63, 3.8) is 0 Å². The van der Waals surface area contributed by atoms with Gasteiger partial charge in [-0.2, -0.15) is 0 Å². The molecule has 0 aromatic carbocycles. The summed E-state index contributed by atoms with van der Waals surface area (Å²) in [6, 6.07) is -0.0362. The molecule has 0 saturated carbocycles. The molecule has 2 heterocycles. The number of rotatable bonds is 5. The van der Waals surface area contributed by atoms with Crippen molar-refractivity contribution in [3.8, 4) is 0 Å². The van der Waals surface area contributed by atoms with Gasteiger partial charge in [0, 0.05) is 38.5 Å². The molecule has 2 fully saturated rings. The molecule has 2 aliphatic heterocycles. The molecule has 6 heteroatoms. The minimum Gasteiger partial charge on any atom is -0.338 e. The van der Waals surface area contributed by atoms with Gasteiger partial charge in [-0.1, -0.05) is 34.6 Å². The number of nitrogens with zero attached hydrogens (tertiary/aromatic N) is 2. The van der Waals surface area contributed by atoms with E-state index in [1.165, 1.54) is 4.90 Å². The summed E-state index contributed by atoms with van der Waals surface area (Å²) in [5.74, 6) is 0.403. The molecule has 2 rings (SSSR count). The molecular formula is C19H33N3O3. The number of nitrogens with one attached hydrogen (secondary N) is 1. The second-order valence-corrected chi connectivity index (χ2v) is 8.82. The Morgan fingerprint density at radius 1 is 1.28 bits per heavy atom. The summed E-state index contributed by atoms with van der Waals surface area (Å²) in [5.41, 5.74) is 0.221. The second-order valence-electron chi connectivity index (χ2n) is 8.82. The molecule has 2 saturated heterocycles. The number of urea groups is 1. The van der Waals surface area contributed by atoms with Crippen molar-refractivity contribution in [1.82, 2.24) is 15.1 Å². The molecule has 6 nitrogen and oxygen atoms in total. The SMILES string of the molecule is CC(C)C1CC(=O)N(CCCNC(=O)N2CCC(C(C)(C)C)C2)C1=O. The van der Waals surface area contributed by atoms with Crippen LogP contribution in [-0.2, 0) is 9.59 Å². The van der Waals surface area contributed by atoms with E-state index in [4.69, 9.17) is 0 Å². The minimum absolute atomic E-state index is 0.0362. The van der Waals surface area contributed by atoms with Crippen molar-refractivity contribution in [3.05, 3.63) is 0 Å². The van der Waals surface area contributed by atoms with Crippen LogP contribution in [0.1, 0.15) is 53.9 Å². The largest absolute Gasteiger partial charge is 0.338 e. The normalized spacial score (nSPS) is 24.6. The van der Waals surface area contributed by atoms with Gasteiger partial charge in [0.25, 0.3) is 0 Å². The van der Waals surface area contributed by atoms with Crippen molar-refractivity contribution >= 4 is 17.8 Å². The molecule has 25 heavy (non-hydrogen) atoms. The van der Waals surface area contributed by atoms with E-state index >= 15 is 0 Å². The van der Waals surface area contributed by atoms with Gasteiger partial charge in [-0.3, -0.25) is 14.5 Å². The summed E-state index contributed by atoms with van der Waals surface area (Å²) in [5, 5.41) is 2.92. The van der Waals surface area contributed by atoms with E-state index in [1.54, 1.807) is 0 Å². The van der Waals surface area contributed by atoms with Crippen LogP contribution in [0.4, 0.5) is 4.79 Å². The number of hydrogen-bond donors (Lipinski definition) is 1. The Hall–Kier alpha value is -1.59. The second kappa shape index (κ2) is 7.75. The van der Waals surface area contributed by atoms with Crippen molar-refractivity contribution in [2.24, 2.45) is 23.2 Å². The van der Waals surface area contributed by atoms with Gasteiger partial charge in [0.15, 0.2) is 0 Å². The standard InChI is InChI=1S/C19H33N3O3/c1-13(2)15-11-16(23)22(17(15)24)9-6-8-20-18(25)21-10-7-14(12-21)19(3,4)5/h13-15H,6-12H2,1-5H3,(H,20,25). The highest BCUT2D eigenvalue weighted by Crippen LogP contribution is 2.33. The zero-order chi connectivity index (χ0) is 18.8. The average molecular weight is 351 g/mol. The Bertz CT molecular complexity index is 524. The topological polar surface area (TPSA) is 69.7 Å². The first-order valence-electron chi connectivity index (χ1n) is 9.48. The summed E-state index contributed by atoms with van der Waals surface area (Å²) in [7, 11) is 0. The number of imide groups is 1. The van der Waals surface area contributed by atoms with Crippen LogP contribution < -0.4 is 5.32 Å². The highest BCUT2D eigenvalue weighted by atomic mass is 16.2. The van der Waals surface area contributed by atoms with Crippen LogP contribution in [0.25, 0.3) is 0 Å². The van der Waals surface area contributed by atoms with E-state index in [0.29, 0.717) is 31.8 Å². The fraction of sp³-hybridized carbons (Fsp3) is 0.842. The van der Waals surface area contributed by atoms with Crippen LogP contribution in [-0.4, -0.2) is 53.8 Å². The van der Waals surface area contributed by atoms with E-state index in [0.717, 1.165) is 19.5 Å². The van der Waals surface area contributed by atoms with Crippen LogP contribution in [0.5, 0.6) is 0 Å². The summed E-state index contributed by atoms with van der Waals surface area (Å²) < 4.78 is 0. The van der Waals surface area contributed by atoms with Crippen molar-refractivity contribution < 1.29 is 14.4 Å². The van der Waals surface area contributed by atoms with Crippen LogP contribution in [0.2, 0.25) is 0 Å². The van der Waals surface area contributed by atoms with Crippen molar-refractivity contribution in [1.29, 1.82) is 0 Å². The fourth-order valence-corrected chi connectivity index (χ4v) is 3.66. The molecule has 0 aromatic heterocycles. The smallest absolute Gasteiger partial charge is 0.317 e. The average Bonchev–Trinajstić information content (AvgIpc) is 3.10. The van der Waals surface area contributed by atoms with Gasteiger partial charge in [0.2, 0.25) is 11.8 Å². The van der Waals surface area contributed by atoms with Gasteiger partial charge < -0.3 is 10.2 Å². The lowest BCUT2D eigenvalue weighted by Crippen LogP contribution is -2.41. The molecular weight excluding hydrogens is 318 g/mol. The number of carbonyl (C=O) groups excluding carboxylic acids is 3. The van der Waals surface area contributed by atoms with Gasteiger partial charge >= 0.3 is 6.03 Å². The predicted molar refractivity (Wildman–Crippen MR) is 96.8 cm³/mol. The van der Waals surface area contributed by atoms with Crippen molar-refractivity contribution in [2.75, 3.05) is 26.2 Å². The maximum Gasteiger partial charge on any atom is 0.317 e. The van der Waals surface area contributed by atoms with Gasteiger partial charge in [-0.25, -0.2) is 4.79 Å². The first-order valence-corrected chi connectivity index (χ1v) is 9.48. The molecule has 0 spiro atoms. The molecule has 2 atom stereocenters. The Kier molecular flexibility index (Phi) is 6.12. The summed E-state index contributed by atoms with van der Waals surface area (Å²) in [6.45, 7) is 13.1. The maximum atomic E-state index is 12.3. The highest BCUT2D eigenvalue weighted by molar-refractivity contribution is 6.03. The molecule has 142 valence electrons. The van der Waals surface area contributed by atoms with E-state index in [2.05, 4.69) is 26.1 Å². The third kappa shape index (κ3) is 4.73. The summed E-state index contributed by atoms with van der Waals surface area (Å²) >= 11 is 0. The zero-order valence-corrected chi connectivity index (χ0v) is 16.3. The lowest BCUT2D eigenvalue weighted by atomic mass is 9.80. The first kappa shape index (κ1) is 19.7. The fourth-order valence-electron chi connectivity index (χ4n) is 3.66. The Morgan fingerprint density at radius 3 is 2.48 bits per heavy atom. The lowest BCUT2D eigenvalue weighted by Gasteiger charge is -2.27. The highest BCUT2D eigenvalue weighted by Gasteiger charge is 2.39. The number of hydrogen-bond acceptors (Lipinski definition) is 3. The maximum absolute atomic E-state index is 12.3. The van der Waals surface area contributed by atoms with Crippen LogP contribution in [0, 0.1) is 23.2 Å². The minimum atomic E-state index is -0.180. The van der Waals surface area contributed by atoms with Gasteiger partial charge in [-0.15, -0.1) is 0 Å². The lowest BCUT2D eigenvalue weighted by molar-refractivity contribution is -0.139. The van der Waals surface area contributed by atoms with Gasteiger partial charge in [0.1, 0.15) is 0 Å². The molecule has 2 aliphatic rings. The van der Waals surface area contributed by atoms with E-state index in [9.17, 15) is 14.4 Å². The Balaban J connectivity index is 1.71. The molecule has 1 N–H and O–H groups in total. The monoisotopic (exact) mass is 351 g/mol. The van der Waals surface area contributed by atoms with Gasteiger partial charge in [-0.05, 0) is 30.1 Å². The predicted octanol–water partition coefficient (Wildman–Crippen LogP) is 2.49. The van der Waals surface area contributed by atoms with Gasteiger partial charge in [0.05, 0.1) is 0 Å². The summed E-state index contributed by atoms with van der Waals surface area (Å²) in [6.07, 6.45) is 1.97. The molecule has 0 aliphatic carbocycles. The van der Waals surface area contributed by atoms with Crippen LogP contribution in [0.15, 0.2) is 0 Å². The van der Waals surface area contributed by atoms with Crippen LogP contribution in [0.3, 0.4) is 0 Å². The molecule has 0 radical (unpaired) electrons. The molecule has 2 unspecified atom stereocenters. The third-order valence-electron chi connectivity index (χ3n) is 5.62. The third-order valence-corrected chi connectivity index (χ3v) is 5.62. The zero-order valence-electron chi connectivity index (χ0n) is 16.3.